The summed E-state index contributed by atoms with van der Waals surface area (Å²) < 4.78 is 4.33. The molecule has 61 valence electrons. The van der Waals surface area contributed by atoms with Crippen LogP contribution in [0.1, 0.15) is 6.42 Å². The summed E-state index contributed by atoms with van der Waals surface area (Å²) in [5, 5.41) is 2.33. The van der Waals surface area contributed by atoms with Crippen LogP contribution in [0.3, 0.4) is 0 Å². The van der Waals surface area contributed by atoms with Crippen molar-refractivity contribution in [2.45, 2.75) is 6.42 Å². The van der Waals surface area contributed by atoms with Gasteiger partial charge >= 0.3 is 12.4 Å². The molecule has 0 atom stereocenters. The van der Waals surface area contributed by atoms with Crippen LogP contribution >= 0.6 is 0 Å². The maximum absolute atomic E-state index is 10.4. The molecule has 4 nitrogen and oxygen atoms in total. The average Bonchev–Trinajstić information content (AvgIpc) is 2.04. The van der Waals surface area contributed by atoms with Gasteiger partial charge in [-0.05, 0) is 6.42 Å². The summed E-state index contributed by atoms with van der Waals surface area (Å²) in [6.07, 6.45) is 5.05. The quantitative estimate of drug-likeness (QED) is 0.259. The third-order valence-electron chi connectivity index (χ3n) is 0.963. The van der Waals surface area contributed by atoms with E-state index in [2.05, 4.69) is 10.1 Å². The van der Waals surface area contributed by atoms with Crippen molar-refractivity contribution in [1.29, 1.82) is 0 Å². The lowest BCUT2D eigenvalue weighted by Crippen LogP contribution is -2.10. The van der Waals surface area contributed by atoms with Gasteiger partial charge in [-0.1, -0.05) is 6.08 Å². The molecule has 1 N–H and O–H groups in total. The van der Waals surface area contributed by atoms with Gasteiger partial charge in [-0.25, -0.2) is 4.79 Å². The number of nitrogens with one attached hydrogen (secondary N) is 1. The van der Waals surface area contributed by atoms with Gasteiger partial charge in [0.15, 0.2) is 0 Å². The summed E-state index contributed by atoms with van der Waals surface area (Å²) in [6, 6.07) is 0. The van der Waals surface area contributed by atoms with Crippen molar-refractivity contribution < 1.29 is 14.3 Å². The van der Waals surface area contributed by atoms with Crippen molar-refractivity contribution in [3.8, 4) is 0 Å². The van der Waals surface area contributed by atoms with E-state index in [0.29, 0.717) is 13.0 Å². The summed E-state index contributed by atoms with van der Waals surface area (Å²) in [5.74, 6) is -0.389. The van der Waals surface area contributed by atoms with Crippen LogP contribution in [0.25, 0.3) is 0 Å². The monoisotopic (exact) mass is 156 g/mol. The van der Waals surface area contributed by atoms with Crippen LogP contribution in [0, 0.1) is 0 Å². The molecule has 0 spiro atoms. The van der Waals surface area contributed by atoms with Gasteiger partial charge in [-0.15, -0.1) is 0 Å². The average molecular weight is 156 g/mol. The molecule has 0 aliphatic heterocycles. The van der Waals surface area contributed by atoms with E-state index < -0.39 is 0 Å². The van der Waals surface area contributed by atoms with Crippen LogP contribution in [0.2, 0.25) is 0 Å². The molecule has 0 aromatic heterocycles. The largest absolute Gasteiger partial charge is 0.466 e. The van der Waals surface area contributed by atoms with Crippen molar-refractivity contribution in [2.24, 2.45) is 0 Å². The summed E-state index contributed by atoms with van der Waals surface area (Å²) in [4.78, 5) is 20.0. The van der Waals surface area contributed by atoms with Crippen molar-refractivity contribution in [3.05, 3.63) is 12.2 Å². The van der Waals surface area contributed by atoms with Crippen molar-refractivity contribution in [2.75, 3.05) is 13.7 Å². The number of rotatable bonds is 5. The molecule has 0 aliphatic carbocycles. The highest BCUT2D eigenvalue weighted by molar-refractivity contribution is 5.81. The maximum Gasteiger partial charge on any atom is 0.330 e. The number of carbonyl (C=O) groups is 1. The maximum atomic E-state index is 10.4. The third kappa shape index (κ3) is 6.57. The van der Waals surface area contributed by atoms with E-state index >= 15 is 0 Å². The Hall–Kier alpha value is -1.32. The number of carbonyl (C=O) groups excluding carboxylic acids is 2. The van der Waals surface area contributed by atoms with E-state index in [1.54, 1.807) is 6.08 Å². The number of hydrogen-bond donors (Lipinski definition) is 1. The van der Waals surface area contributed by atoms with Crippen LogP contribution in [-0.4, -0.2) is 26.0 Å². The Labute approximate surface area is 65.2 Å². The van der Waals surface area contributed by atoms with Crippen LogP contribution in [-0.2, 0) is 14.3 Å². The molecule has 1 radical (unpaired) electrons. The van der Waals surface area contributed by atoms with Crippen molar-refractivity contribution in [3.63, 3.8) is 0 Å². The second-order valence-corrected chi connectivity index (χ2v) is 1.74. The van der Waals surface area contributed by atoms with Gasteiger partial charge in [0.2, 0.25) is 0 Å². The zero-order chi connectivity index (χ0) is 8.53. The van der Waals surface area contributed by atoms with E-state index in [1.807, 2.05) is 0 Å². The lowest BCUT2D eigenvalue weighted by molar-refractivity contribution is -0.134. The fraction of sp³-hybridized carbons (Fsp3) is 0.429. The van der Waals surface area contributed by atoms with Gasteiger partial charge in [-0.3, -0.25) is 4.79 Å². The topological polar surface area (TPSA) is 55.4 Å². The normalized spacial score (nSPS) is 9.55. The fourth-order valence-electron chi connectivity index (χ4n) is 0.454. The van der Waals surface area contributed by atoms with Gasteiger partial charge in [0.25, 0.3) is 0 Å². The summed E-state index contributed by atoms with van der Waals surface area (Å²) in [5.41, 5.74) is 0. The second kappa shape index (κ2) is 6.80. The first-order valence-corrected chi connectivity index (χ1v) is 3.15. The first-order chi connectivity index (χ1) is 5.31. The van der Waals surface area contributed by atoms with Crippen LogP contribution in [0.4, 0.5) is 0 Å². The molecule has 0 aliphatic rings. The molecule has 0 fully saturated rings. The molecular weight excluding hydrogens is 146 g/mol. The number of methoxy groups -OCH3 is 1. The Morgan fingerprint density at radius 3 is 3.00 bits per heavy atom. The Morgan fingerprint density at radius 2 is 2.45 bits per heavy atom. The number of amides is 1. The van der Waals surface area contributed by atoms with Crippen LogP contribution in [0.5, 0.6) is 0 Å². The molecule has 0 bridgehead atoms. The van der Waals surface area contributed by atoms with Gasteiger partial charge in [0.05, 0.1) is 7.11 Å². The van der Waals surface area contributed by atoms with Crippen LogP contribution < -0.4 is 5.32 Å². The molecule has 11 heavy (non-hydrogen) atoms. The smallest absolute Gasteiger partial charge is 0.330 e. The van der Waals surface area contributed by atoms with E-state index in [9.17, 15) is 9.59 Å². The molecule has 4 heteroatoms. The number of ether oxygens (including phenoxy) is 1. The number of esters is 1. The predicted molar refractivity (Wildman–Crippen MR) is 39.5 cm³/mol. The van der Waals surface area contributed by atoms with Crippen molar-refractivity contribution >= 4 is 12.4 Å². The summed E-state index contributed by atoms with van der Waals surface area (Å²) in [6.45, 7) is 0.483. The minimum atomic E-state index is -0.389. The summed E-state index contributed by atoms with van der Waals surface area (Å²) in [7, 11) is 1.31. The van der Waals surface area contributed by atoms with Crippen molar-refractivity contribution in [1.82, 2.24) is 5.32 Å². The third-order valence-corrected chi connectivity index (χ3v) is 0.963. The lowest BCUT2D eigenvalue weighted by Gasteiger charge is -1.90. The Kier molecular flexibility index (Phi) is 5.98. The van der Waals surface area contributed by atoms with Gasteiger partial charge < -0.3 is 10.1 Å². The molecule has 0 rings (SSSR count). The Bertz CT molecular complexity index is 154. The molecule has 0 aromatic carbocycles. The van der Waals surface area contributed by atoms with Crippen LogP contribution in [0.15, 0.2) is 12.2 Å². The highest BCUT2D eigenvalue weighted by atomic mass is 16.5. The van der Waals surface area contributed by atoms with E-state index in [-0.39, 0.29) is 5.97 Å². The van der Waals surface area contributed by atoms with Gasteiger partial charge in [0.1, 0.15) is 0 Å². The molecule has 0 saturated heterocycles. The lowest BCUT2D eigenvalue weighted by atomic mass is 10.4. The Morgan fingerprint density at radius 1 is 1.73 bits per heavy atom. The van der Waals surface area contributed by atoms with E-state index in [0.717, 1.165) is 0 Å². The minimum absolute atomic E-state index is 0.389. The highest BCUT2D eigenvalue weighted by Gasteiger charge is 1.88. The van der Waals surface area contributed by atoms with Gasteiger partial charge in [0, 0.05) is 12.6 Å². The van der Waals surface area contributed by atoms with E-state index in [4.69, 9.17) is 0 Å². The highest BCUT2D eigenvalue weighted by Crippen LogP contribution is 1.82. The fourth-order valence-corrected chi connectivity index (χ4v) is 0.454. The summed E-state index contributed by atoms with van der Waals surface area (Å²) >= 11 is 0. The zero-order valence-electron chi connectivity index (χ0n) is 6.29. The predicted octanol–water partition coefficient (Wildman–Crippen LogP) is -0.237. The molecule has 0 unspecified atom stereocenters. The van der Waals surface area contributed by atoms with Gasteiger partial charge in [-0.2, -0.15) is 0 Å². The molecule has 1 amide bonds. The van der Waals surface area contributed by atoms with E-state index in [1.165, 1.54) is 19.6 Å². The minimum Gasteiger partial charge on any atom is -0.466 e. The SMILES string of the molecule is COC(=O)/C=C/CCN[C]=O. The zero-order valence-corrected chi connectivity index (χ0v) is 6.29. The first kappa shape index (κ1) is 9.68. The number of hydrogen-bond acceptors (Lipinski definition) is 3. The molecule has 0 aromatic rings. The standard InChI is InChI=1S/C7H10NO3/c1-11-7(10)4-2-3-5-8-6-9/h2,4H,3,5H2,1H3,(H,8,9)/b4-2+. The second-order valence-electron chi connectivity index (χ2n) is 1.74. The Balaban J connectivity index is 3.29. The molecular formula is C7H10NO3. The molecule has 0 heterocycles. The first-order valence-electron chi connectivity index (χ1n) is 3.15. The molecule has 0 saturated carbocycles.